The molecule has 0 radical (unpaired) electrons. The fourth-order valence-electron chi connectivity index (χ4n) is 2.39. The molecule has 1 fully saturated rings. The van der Waals surface area contributed by atoms with Crippen molar-refractivity contribution in [3.63, 3.8) is 0 Å². The summed E-state index contributed by atoms with van der Waals surface area (Å²) in [6.45, 7) is 2.13. The Morgan fingerprint density at radius 1 is 1.48 bits per heavy atom. The molecule has 114 valence electrons. The molecule has 21 heavy (non-hydrogen) atoms. The SMILES string of the molecule is CNC(=O)NC(=O)CN1CCNCC1c1cccc(F)c1. The Balaban J connectivity index is 2.05. The summed E-state index contributed by atoms with van der Waals surface area (Å²) in [6.07, 6.45) is 0. The third-order valence-corrected chi connectivity index (χ3v) is 3.41. The molecule has 6 nitrogen and oxygen atoms in total. The molecular formula is C14H19FN4O2. The summed E-state index contributed by atoms with van der Waals surface area (Å²) in [4.78, 5) is 24.9. The van der Waals surface area contributed by atoms with Gasteiger partial charge in [-0.3, -0.25) is 15.0 Å². The van der Waals surface area contributed by atoms with Gasteiger partial charge in [-0.05, 0) is 17.7 Å². The van der Waals surface area contributed by atoms with Gasteiger partial charge in [-0.1, -0.05) is 12.1 Å². The lowest BCUT2D eigenvalue weighted by atomic mass is 10.0. The number of carbonyl (C=O) groups excluding carboxylic acids is 2. The van der Waals surface area contributed by atoms with E-state index in [1.807, 2.05) is 11.0 Å². The van der Waals surface area contributed by atoms with Crippen molar-refractivity contribution in [3.8, 4) is 0 Å². The van der Waals surface area contributed by atoms with Crippen molar-refractivity contribution >= 4 is 11.9 Å². The average molecular weight is 294 g/mol. The van der Waals surface area contributed by atoms with Crippen LogP contribution in [0, 0.1) is 5.82 Å². The molecule has 2 rings (SSSR count). The first-order valence-corrected chi connectivity index (χ1v) is 6.82. The fourth-order valence-corrected chi connectivity index (χ4v) is 2.39. The van der Waals surface area contributed by atoms with E-state index in [9.17, 15) is 14.0 Å². The zero-order chi connectivity index (χ0) is 15.2. The first-order chi connectivity index (χ1) is 10.1. The summed E-state index contributed by atoms with van der Waals surface area (Å²) >= 11 is 0. The molecule has 1 heterocycles. The summed E-state index contributed by atoms with van der Waals surface area (Å²) in [5.74, 6) is -0.675. The molecule has 1 aromatic carbocycles. The van der Waals surface area contributed by atoms with Crippen molar-refractivity contribution < 1.29 is 14.0 Å². The largest absolute Gasteiger partial charge is 0.341 e. The normalized spacial score (nSPS) is 19.0. The third kappa shape index (κ3) is 4.24. The van der Waals surface area contributed by atoms with Crippen LogP contribution in [0.3, 0.4) is 0 Å². The number of hydrogen-bond acceptors (Lipinski definition) is 4. The van der Waals surface area contributed by atoms with Crippen molar-refractivity contribution in [1.82, 2.24) is 20.9 Å². The van der Waals surface area contributed by atoms with Gasteiger partial charge in [-0.2, -0.15) is 0 Å². The number of halogens is 1. The number of carbonyl (C=O) groups is 2. The van der Waals surface area contributed by atoms with Gasteiger partial charge >= 0.3 is 6.03 Å². The molecule has 1 aliphatic rings. The molecule has 1 aliphatic heterocycles. The summed E-state index contributed by atoms with van der Waals surface area (Å²) < 4.78 is 13.4. The highest BCUT2D eigenvalue weighted by atomic mass is 19.1. The number of amides is 3. The maximum absolute atomic E-state index is 13.4. The van der Waals surface area contributed by atoms with Crippen LogP contribution in [0.5, 0.6) is 0 Å². The van der Waals surface area contributed by atoms with E-state index < -0.39 is 6.03 Å². The second-order valence-electron chi connectivity index (χ2n) is 4.87. The first-order valence-electron chi connectivity index (χ1n) is 6.82. The number of hydrogen-bond donors (Lipinski definition) is 3. The van der Waals surface area contributed by atoms with E-state index in [1.54, 1.807) is 6.07 Å². The van der Waals surface area contributed by atoms with Crippen LogP contribution in [0.4, 0.5) is 9.18 Å². The van der Waals surface area contributed by atoms with Crippen molar-refractivity contribution in [2.45, 2.75) is 6.04 Å². The Morgan fingerprint density at radius 3 is 3.00 bits per heavy atom. The molecule has 3 N–H and O–H groups in total. The quantitative estimate of drug-likeness (QED) is 0.746. The van der Waals surface area contributed by atoms with Gasteiger partial charge in [0, 0.05) is 32.7 Å². The number of nitrogens with one attached hydrogen (secondary N) is 3. The van der Waals surface area contributed by atoms with Crippen molar-refractivity contribution in [3.05, 3.63) is 35.6 Å². The van der Waals surface area contributed by atoms with Gasteiger partial charge in [0.15, 0.2) is 0 Å². The number of benzene rings is 1. The molecule has 0 aliphatic carbocycles. The number of rotatable bonds is 3. The van der Waals surface area contributed by atoms with Gasteiger partial charge in [-0.25, -0.2) is 9.18 Å². The van der Waals surface area contributed by atoms with E-state index in [0.717, 1.165) is 12.1 Å². The van der Waals surface area contributed by atoms with Gasteiger partial charge in [-0.15, -0.1) is 0 Å². The lowest BCUT2D eigenvalue weighted by molar-refractivity contribution is -0.122. The molecule has 0 spiro atoms. The highest BCUT2D eigenvalue weighted by Crippen LogP contribution is 2.22. The Bertz CT molecular complexity index is 523. The average Bonchev–Trinajstić information content (AvgIpc) is 2.47. The van der Waals surface area contributed by atoms with Gasteiger partial charge in [0.2, 0.25) is 5.91 Å². The molecular weight excluding hydrogens is 275 g/mol. The van der Waals surface area contributed by atoms with Gasteiger partial charge < -0.3 is 10.6 Å². The maximum atomic E-state index is 13.4. The Labute approximate surface area is 122 Å². The highest BCUT2D eigenvalue weighted by molar-refractivity contribution is 5.95. The van der Waals surface area contributed by atoms with Crippen LogP contribution in [0.1, 0.15) is 11.6 Å². The van der Waals surface area contributed by atoms with E-state index in [2.05, 4.69) is 16.0 Å². The van der Waals surface area contributed by atoms with E-state index in [-0.39, 0.29) is 24.3 Å². The second-order valence-corrected chi connectivity index (χ2v) is 4.87. The first kappa shape index (κ1) is 15.4. The minimum absolute atomic E-state index is 0.0927. The van der Waals surface area contributed by atoms with Crippen LogP contribution in [-0.4, -0.2) is 50.1 Å². The zero-order valence-corrected chi connectivity index (χ0v) is 11.9. The summed E-state index contributed by atoms with van der Waals surface area (Å²) in [5.41, 5.74) is 0.815. The standard InChI is InChI=1S/C14H19FN4O2/c1-16-14(21)18-13(20)9-19-6-5-17-8-12(19)10-3-2-4-11(15)7-10/h2-4,7,12,17H,5-6,8-9H2,1H3,(H2,16,18,20,21). The Kier molecular flexibility index (Phi) is 5.24. The highest BCUT2D eigenvalue weighted by Gasteiger charge is 2.26. The smallest absolute Gasteiger partial charge is 0.321 e. The van der Waals surface area contributed by atoms with Crippen molar-refractivity contribution in [2.75, 3.05) is 33.2 Å². The predicted octanol–water partition coefficient (Wildman–Crippen LogP) is 0.228. The lowest BCUT2D eigenvalue weighted by Gasteiger charge is -2.35. The molecule has 7 heteroatoms. The number of piperazine rings is 1. The van der Waals surface area contributed by atoms with Gasteiger partial charge in [0.1, 0.15) is 5.82 Å². The summed E-state index contributed by atoms with van der Waals surface area (Å²) in [5, 5.41) is 7.80. The van der Waals surface area contributed by atoms with Crippen molar-refractivity contribution in [1.29, 1.82) is 0 Å². The van der Waals surface area contributed by atoms with E-state index >= 15 is 0 Å². The van der Waals surface area contributed by atoms with E-state index in [0.29, 0.717) is 13.1 Å². The van der Waals surface area contributed by atoms with Crippen LogP contribution in [0.2, 0.25) is 0 Å². The zero-order valence-electron chi connectivity index (χ0n) is 11.9. The Morgan fingerprint density at radius 2 is 2.29 bits per heavy atom. The maximum Gasteiger partial charge on any atom is 0.321 e. The number of imide groups is 1. The van der Waals surface area contributed by atoms with Crippen LogP contribution in [0.25, 0.3) is 0 Å². The molecule has 0 saturated carbocycles. The third-order valence-electron chi connectivity index (χ3n) is 3.41. The fraction of sp³-hybridized carbons (Fsp3) is 0.429. The minimum Gasteiger partial charge on any atom is -0.341 e. The summed E-state index contributed by atoms with van der Waals surface area (Å²) in [7, 11) is 1.45. The molecule has 1 atom stereocenters. The molecule has 1 unspecified atom stereocenters. The van der Waals surface area contributed by atoms with Crippen LogP contribution < -0.4 is 16.0 Å². The molecule has 0 bridgehead atoms. The van der Waals surface area contributed by atoms with Crippen LogP contribution in [0.15, 0.2) is 24.3 Å². The van der Waals surface area contributed by atoms with E-state index in [4.69, 9.17) is 0 Å². The molecule has 1 aromatic rings. The molecule has 3 amide bonds. The number of nitrogens with zero attached hydrogens (tertiary/aromatic N) is 1. The number of urea groups is 1. The van der Waals surface area contributed by atoms with Crippen LogP contribution >= 0.6 is 0 Å². The lowest BCUT2D eigenvalue weighted by Crippen LogP contribution is -2.51. The Hall–Kier alpha value is -1.99. The van der Waals surface area contributed by atoms with Gasteiger partial charge in [0.25, 0.3) is 0 Å². The van der Waals surface area contributed by atoms with Gasteiger partial charge in [0.05, 0.1) is 6.54 Å². The van der Waals surface area contributed by atoms with Crippen LogP contribution in [-0.2, 0) is 4.79 Å². The molecule has 0 aromatic heterocycles. The topological polar surface area (TPSA) is 73.5 Å². The second kappa shape index (κ2) is 7.14. The van der Waals surface area contributed by atoms with E-state index in [1.165, 1.54) is 19.2 Å². The minimum atomic E-state index is -0.530. The van der Waals surface area contributed by atoms with Crippen molar-refractivity contribution in [2.24, 2.45) is 0 Å². The summed E-state index contributed by atoms with van der Waals surface area (Å²) in [6, 6.07) is 5.73. The molecule has 1 saturated heterocycles. The predicted molar refractivity (Wildman–Crippen MR) is 76.2 cm³/mol. The monoisotopic (exact) mass is 294 g/mol.